The van der Waals surface area contributed by atoms with E-state index in [1.807, 2.05) is 31.2 Å². The fourth-order valence-corrected chi connectivity index (χ4v) is 1.59. The topological polar surface area (TPSA) is 55.4 Å². The Bertz CT molecular complexity index is 463. The minimum Gasteiger partial charge on any atom is -0.466 e. The predicted molar refractivity (Wildman–Crippen MR) is 79.1 cm³/mol. The molecule has 0 fully saturated rings. The summed E-state index contributed by atoms with van der Waals surface area (Å²) >= 11 is 0. The number of carbonyl (C=O) groups excluding carboxylic acids is 2. The van der Waals surface area contributed by atoms with Gasteiger partial charge in [-0.1, -0.05) is 29.8 Å². The summed E-state index contributed by atoms with van der Waals surface area (Å²) in [6, 6.07) is 7.91. The zero-order valence-electron chi connectivity index (χ0n) is 12.0. The SMILES string of the molecule is CCOC(=O)CCCNC(=O)C=Cc1ccc(C)cc1. The van der Waals surface area contributed by atoms with Crippen molar-refractivity contribution in [1.29, 1.82) is 0 Å². The molecular weight excluding hydrogens is 254 g/mol. The Hall–Kier alpha value is -2.10. The van der Waals surface area contributed by atoms with Crippen molar-refractivity contribution < 1.29 is 14.3 Å². The molecule has 108 valence electrons. The Balaban J connectivity index is 2.23. The summed E-state index contributed by atoms with van der Waals surface area (Å²) in [5.41, 5.74) is 2.17. The van der Waals surface area contributed by atoms with Gasteiger partial charge in [-0.05, 0) is 31.9 Å². The maximum absolute atomic E-state index is 11.5. The van der Waals surface area contributed by atoms with Crippen LogP contribution in [-0.2, 0) is 14.3 Å². The Kier molecular flexibility index (Phi) is 7.11. The number of carbonyl (C=O) groups is 2. The first-order chi connectivity index (χ1) is 9.61. The van der Waals surface area contributed by atoms with Crippen LogP contribution in [0.1, 0.15) is 30.9 Å². The van der Waals surface area contributed by atoms with Crippen molar-refractivity contribution in [1.82, 2.24) is 5.32 Å². The van der Waals surface area contributed by atoms with Gasteiger partial charge in [-0.2, -0.15) is 0 Å². The monoisotopic (exact) mass is 275 g/mol. The number of esters is 1. The van der Waals surface area contributed by atoms with Gasteiger partial charge in [0.05, 0.1) is 6.61 Å². The molecule has 0 saturated heterocycles. The zero-order valence-corrected chi connectivity index (χ0v) is 12.0. The summed E-state index contributed by atoms with van der Waals surface area (Å²) in [5.74, 6) is -0.383. The van der Waals surface area contributed by atoms with Crippen molar-refractivity contribution in [2.75, 3.05) is 13.2 Å². The highest BCUT2D eigenvalue weighted by Crippen LogP contribution is 2.04. The third-order valence-corrected chi connectivity index (χ3v) is 2.67. The molecule has 0 heterocycles. The zero-order chi connectivity index (χ0) is 14.8. The normalized spacial score (nSPS) is 10.5. The standard InChI is InChI=1S/C16H21NO3/c1-3-20-16(19)5-4-12-17-15(18)11-10-14-8-6-13(2)7-9-14/h6-11H,3-5,12H2,1-2H3,(H,17,18). The van der Waals surface area contributed by atoms with Gasteiger partial charge in [0.15, 0.2) is 0 Å². The Morgan fingerprint density at radius 1 is 1.25 bits per heavy atom. The van der Waals surface area contributed by atoms with Crippen LogP contribution in [0, 0.1) is 6.92 Å². The highest BCUT2D eigenvalue weighted by Gasteiger charge is 2.01. The molecule has 0 saturated carbocycles. The first-order valence-electron chi connectivity index (χ1n) is 6.80. The lowest BCUT2D eigenvalue weighted by Crippen LogP contribution is -2.22. The molecule has 20 heavy (non-hydrogen) atoms. The number of nitrogens with one attached hydrogen (secondary N) is 1. The molecule has 0 bridgehead atoms. The number of hydrogen-bond acceptors (Lipinski definition) is 3. The van der Waals surface area contributed by atoms with Crippen LogP contribution in [0.5, 0.6) is 0 Å². The molecule has 0 spiro atoms. The molecule has 1 aromatic rings. The lowest BCUT2D eigenvalue weighted by Gasteiger charge is -2.02. The average Bonchev–Trinajstić information content (AvgIpc) is 2.43. The van der Waals surface area contributed by atoms with E-state index >= 15 is 0 Å². The van der Waals surface area contributed by atoms with Crippen LogP contribution in [0.2, 0.25) is 0 Å². The van der Waals surface area contributed by atoms with E-state index in [2.05, 4.69) is 5.32 Å². The molecule has 0 unspecified atom stereocenters. The maximum atomic E-state index is 11.5. The van der Waals surface area contributed by atoms with Crippen molar-refractivity contribution >= 4 is 18.0 Å². The van der Waals surface area contributed by atoms with E-state index in [4.69, 9.17) is 4.74 Å². The first kappa shape index (κ1) is 16.0. The Labute approximate surface area is 119 Å². The molecular formula is C16H21NO3. The van der Waals surface area contributed by atoms with E-state index < -0.39 is 0 Å². The van der Waals surface area contributed by atoms with Gasteiger partial charge in [0.25, 0.3) is 0 Å². The summed E-state index contributed by atoms with van der Waals surface area (Å²) in [5, 5.41) is 2.73. The smallest absolute Gasteiger partial charge is 0.305 e. The molecule has 0 aliphatic rings. The molecule has 1 N–H and O–H groups in total. The molecule has 0 aromatic heterocycles. The largest absolute Gasteiger partial charge is 0.466 e. The van der Waals surface area contributed by atoms with Crippen LogP contribution in [0.15, 0.2) is 30.3 Å². The number of ether oxygens (including phenoxy) is 1. The van der Waals surface area contributed by atoms with Gasteiger partial charge >= 0.3 is 5.97 Å². The van der Waals surface area contributed by atoms with E-state index in [1.165, 1.54) is 11.6 Å². The molecule has 4 heteroatoms. The minimum atomic E-state index is -0.225. The summed E-state index contributed by atoms with van der Waals surface area (Å²) in [6.45, 7) is 4.65. The van der Waals surface area contributed by atoms with Crippen molar-refractivity contribution in [3.05, 3.63) is 41.5 Å². The average molecular weight is 275 g/mol. The summed E-state index contributed by atoms with van der Waals surface area (Å²) in [7, 11) is 0. The van der Waals surface area contributed by atoms with Gasteiger partial charge in [-0.25, -0.2) is 0 Å². The van der Waals surface area contributed by atoms with E-state index in [1.54, 1.807) is 13.0 Å². The lowest BCUT2D eigenvalue weighted by atomic mass is 10.1. The van der Waals surface area contributed by atoms with Crippen LogP contribution in [0.25, 0.3) is 6.08 Å². The minimum absolute atomic E-state index is 0.158. The van der Waals surface area contributed by atoms with E-state index in [0.717, 1.165) is 5.56 Å². The third-order valence-electron chi connectivity index (χ3n) is 2.67. The summed E-state index contributed by atoms with van der Waals surface area (Å²) < 4.78 is 4.80. The quantitative estimate of drug-likeness (QED) is 0.472. The maximum Gasteiger partial charge on any atom is 0.305 e. The Morgan fingerprint density at radius 3 is 2.60 bits per heavy atom. The van der Waals surface area contributed by atoms with E-state index in [0.29, 0.717) is 26.0 Å². The van der Waals surface area contributed by atoms with Crippen molar-refractivity contribution in [2.45, 2.75) is 26.7 Å². The molecule has 1 amide bonds. The second-order valence-corrected chi connectivity index (χ2v) is 4.44. The van der Waals surface area contributed by atoms with Gasteiger partial charge in [-0.3, -0.25) is 9.59 Å². The van der Waals surface area contributed by atoms with Crippen LogP contribution < -0.4 is 5.32 Å². The fraction of sp³-hybridized carbons (Fsp3) is 0.375. The summed E-state index contributed by atoms with van der Waals surface area (Å²) in [4.78, 5) is 22.6. The predicted octanol–water partition coefficient (Wildman–Crippen LogP) is 2.47. The third kappa shape index (κ3) is 6.73. The molecule has 0 aliphatic carbocycles. The Morgan fingerprint density at radius 2 is 1.95 bits per heavy atom. The highest BCUT2D eigenvalue weighted by molar-refractivity contribution is 5.91. The second kappa shape index (κ2) is 8.91. The highest BCUT2D eigenvalue weighted by atomic mass is 16.5. The van der Waals surface area contributed by atoms with E-state index in [9.17, 15) is 9.59 Å². The van der Waals surface area contributed by atoms with Crippen LogP contribution in [0.4, 0.5) is 0 Å². The van der Waals surface area contributed by atoms with Gasteiger partial charge in [0.1, 0.15) is 0 Å². The molecule has 0 atom stereocenters. The molecule has 0 radical (unpaired) electrons. The lowest BCUT2D eigenvalue weighted by molar-refractivity contribution is -0.143. The van der Waals surface area contributed by atoms with Crippen LogP contribution in [-0.4, -0.2) is 25.0 Å². The molecule has 1 aromatic carbocycles. The number of aryl methyl sites for hydroxylation is 1. The van der Waals surface area contributed by atoms with Gasteiger partial charge in [0.2, 0.25) is 5.91 Å². The first-order valence-corrected chi connectivity index (χ1v) is 6.80. The molecule has 0 aliphatic heterocycles. The number of rotatable bonds is 7. The van der Waals surface area contributed by atoms with Gasteiger partial charge in [-0.15, -0.1) is 0 Å². The van der Waals surface area contributed by atoms with Crippen LogP contribution in [0.3, 0.4) is 0 Å². The van der Waals surface area contributed by atoms with Crippen molar-refractivity contribution in [3.63, 3.8) is 0 Å². The van der Waals surface area contributed by atoms with Crippen molar-refractivity contribution in [3.8, 4) is 0 Å². The van der Waals surface area contributed by atoms with Crippen molar-refractivity contribution in [2.24, 2.45) is 0 Å². The molecule has 1 rings (SSSR count). The van der Waals surface area contributed by atoms with Gasteiger partial charge < -0.3 is 10.1 Å². The van der Waals surface area contributed by atoms with E-state index in [-0.39, 0.29) is 11.9 Å². The number of amides is 1. The van der Waals surface area contributed by atoms with Gasteiger partial charge in [0, 0.05) is 19.0 Å². The number of benzene rings is 1. The second-order valence-electron chi connectivity index (χ2n) is 4.44. The fourth-order valence-electron chi connectivity index (χ4n) is 1.59. The molecule has 4 nitrogen and oxygen atoms in total. The number of hydrogen-bond donors (Lipinski definition) is 1. The van der Waals surface area contributed by atoms with Crippen LogP contribution >= 0.6 is 0 Å². The summed E-state index contributed by atoms with van der Waals surface area (Å²) in [6.07, 6.45) is 4.17.